The van der Waals surface area contributed by atoms with Crippen LogP contribution in [-0.2, 0) is 5.41 Å². The first-order valence-corrected chi connectivity index (χ1v) is 15.3. The third-order valence-corrected chi connectivity index (χ3v) is 9.70. The lowest BCUT2D eigenvalue weighted by Gasteiger charge is -2.40. The topological polar surface area (TPSA) is 59.1 Å². The van der Waals surface area contributed by atoms with Gasteiger partial charge in [-0.05, 0) is 39.4 Å². The van der Waals surface area contributed by atoms with Crippen molar-refractivity contribution in [1.82, 2.24) is 0 Å². The lowest BCUT2D eigenvalue weighted by atomic mass is 9.65. The summed E-state index contributed by atoms with van der Waals surface area (Å²) in [6, 6.07) is 50.6. The van der Waals surface area contributed by atoms with E-state index in [-0.39, 0.29) is 5.37 Å². The molecule has 0 aromatic heterocycles. The number of fused-ring (bicyclic) bond motifs is 9. The molecular weight excluding hydrogens is 545 g/mol. The summed E-state index contributed by atoms with van der Waals surface area (Å²) in [7, 11) is 0. The van der Waals surface area contributed by atoms with Gasteiger partial charge in [-0.3, -0.25) is 5.41 Å². The van der Waals surface area contributed by atoms with Crippen LogP contribution in [-0.4, -0.2) is 5.04 Å². The third-order valence-electron chi connectivity index (χ3n) is 8.71. The molecule has 1 unspecified atom stereocenters. The van der Waals surface area contributed by atoms with Gasteiger partial charge < -0.3 is 10.5 Å². The maximum Gasteiger partial charge on any atom is 0.140 e. The molecule has 8 rings (SSSR count). The van der Waals surface area contributed by atoms with Gasteiger partial charge in [0.25, 0.3) is 0 Å². The predicted molar refractivity (Wildman–Crippen MR) is 177 cm³/mol. The lowest BCUT2D eigenvalue weighted by molar-refractivity contribution is 0.438. The minimum absolute atomic E-state index is 0.295. The van der Waals surface area contributed by atoms with E-state index in [1.54, 1.807) is 0 Å². The Hall–Kier alpha value is -4.90. The van der Waals surface area contributed by atoms with Gasteiger partial charge in [-0.15, -0.1) is 0 Å². The van der Waals surface area contributed by atoms with Crippen LogP contribution in [0.2, 0.25) is 0 Å². The van der Waals surface area contributed by atoms with Gasteiger partial charge in [0.15, 0.2) is 0 Å². The Kier molecular flexibility index (Phi) is 6.07. The Morgan fingerprint density at radius 1 is 0.581 bits per heavy atom. The van der Waals surface area contributed by atoms with Crippen LogP contribution >= 0.6 is 11.8 Å². The first-order chi connectivity index (χ1) is 21.2. The molecule has 0 saturated carbocycles. The molecular formula is C39H28N2OS. The number of hydrogen-bond donors (Lipinski definition) is 2. The monoisotopic (exact) mass is 572 g/mol. The van der Waals surface area contributed by atoms with Crippen molar-refractivity contribution in [2.45, 2.75) is 10.8 Å². The van der Waals surface area contributed by atoms with E-state index in [2.05, 4.69) is 97.1 Å². The second kappa shape index (κ2) is 10.1. The Balaban J connectivity index is 1.24. The van der Waals surface area contributed by atoms with Crippen LogP contribution in [0.1, 0.15) is 38.8 Å². The van der Waals surface area contributed by atoms with E-state index in [0.29, 0.717) is 5.04 Å². The smallest absolute Gasteiger partial charge is 0.140 e. The molecule has 0 fully saturated rings. The average Bonchev–Trinajstić information content (AvgIpc) is 3.36. The Morgan fingerprint density at radius 2 is 1.14 bits per heavy atom. The van der Waals surface area contributed by atoms with Crippen LogP contribution in [0, 0.1) is 5.41 Å². The van der Waals surface area contributed by atoms with Crippen molar-refractivity contribution in [3.05, 3.63) is 179 Å². The normalized spacial score (nSPS) is 14.2. The molecule has 0 radical (unpaired) electrons. The average molecular weight is 573 g/mol. The molecule has 1 spiro atoms. The molecule has 1 atom stereocenters. The van der Waals surface area contributed by atoms with Crippen molar-refractivity contribution in [3.8, 4) is 33.8 Å². The van der Waals surface area contributed by atoms with E-state index in [1.807, 2.05) is 48.5 Å². The number of benzene rings is 6. The first kappa shape index (κ1) is 25.8. The fourth-order valence-electron chi connectivity index (χ4n) is 6.81. The van der Waals surface area contributed by atoms with Gasteiger partial charge in [-0.2, -0.15) is 0 Å². The van der Waals surface area contributed by atoms with Gasteiger partial charge >= 0.3 is 0 Å². The number of thioether (sulfide) groups is 1. The maximum absolute atomic E-state index is 8.72. The molecule has 6 aromatic rings. The van der Waals surface area contributed by atoms with Gasteiger partial charge in [0.2, 0.25) is 0 Å². The summed E-state index contributed by atoms with van der Waals surface area (Å²) in [4.78, 5) is 0. The summed E-state index contributed by atoms with van der Waals surface area (Å²) in [5.74, 6) is 1.75. The van der Waals surface area contributed by atoms with Crippen LogP contribution in [0.25, 0.3) is 22.3 Å². The fourth-order valence-corrected chi connectivity index (χ4v) is 7.63. The Morgan fingerprint density at radius 3 is 1.84 bits per heavy atom. The molecule has 3 nitrogen and oxygen atoms in total. The van der Waals surface area contributed by atoms with Gasteiger partial charge in [0.05, 0.1) is 15.8 Å². The van der Waals surface area contributed by atoms with E-state index in [9.17, 15) is 0 Å². The van der Waals surface area contributed by atoms with E-state index >= 15 is 0 Å². The molecule has 206 valence electrons. The second-order valence-corrected chi connectivity index (χ2v) is 12.1. The third kappa shape index (κ3) is 3.91. The molecule has 1 aliphatic carbocycles. The highest BCUT2D eigenvalue weighted by atomic mass is 32.2. The number of nitrogens with one attached hydrogen (secondary N) is 1. The molecule has 0 saturated heterocycles. The quantitative estimate of drug-likeness (QED) is 0.125. The fraction of sp³-hybridized carbons (Fsp3) is 0.0513. The summed E-state index contributed by atoms with van der Waals surface area (Å²) < 4.78 is 6.80. The number of rotatable bonds is 4. The second-order valence-electron chi connectivity index (χ2n) is 11.0. The van der Waals surface area contributed by atoms with Gasteiger partial charge in [0, 0.05) is 22.3 Å². The zero-order valence-electron chi connectivity index (χ0n) is 23.3. The van der Waals surface area contributed by atoms with Crippen molar-refractivity contribution in [1.29, 1.82) is 5.41 Å². The highest BCUT2D eigenvalue weighted by Gasteiger charge is 2.51. The first-order valence-electron chi connectivity index (χ1n) is 14.4. The number of para-hydroxylation sites is 2. The molecule has 6 aromatic carbocycles. The molecule has 2 aliphatic rings. The predicted octanol–water partition coefficient (Wildman–Crippen LogP) is 9.54. The van der Waals surface area contributed by atoms with Gasteiger partial charge in [-0.1, -0.05) is 151 Å². The van der Waals surface area contributed by atoms with Crippen molar-refractivity contribution < 1.29 is 4.74 Å². The summed E-state index contributed by atoms with van der Waals surface area (Å²) in [5, 5.41) is 8.87. The Labute approximate surface area is 255 Å². The zero-order chi connectivity index (χ0) is 29.0. The largest absolute Gasteiger partial charge is 0.456 e. The minimum Gasteiger partial charge on any atom is -0.456 e. The molecule has 43 heavy (non-hydrogen) atoms. The highest BCUT2D eigenvalue weighted by Crippen LogP contribution is 2.63. The number of ether oxygens (including phenoxy) is 1. The zero-order valence-corrected chi connectivity index (χ0v) is 24.1. The van der Waals surface area contributed by atoms with Crippen LogP contribution in [0.4, 0.5) is 0 Å². The minimum atomic E-state index is -0.486. The van der Waals surface area contributed by atoms with E-state index in [0.717, 1.165) is 44.9 Å². The van der Waals surface area contributed by atoms with Crippen molar-refractivity contribution in [2.24, 2.45) is 5.73 Å². The van der Waals surface area contributed by atoms with Gasteiger partial charge in [-0.25, -0.2) is 0 Å². The molecule has 4 heteroatoms. The highest BCUT2D eigenvalue weighted by molar-refractivity contribution is 8.14. The SMILES string of the molecule is N=C(SC(N)c1ccccc1)c1ccc(-c2cccc3c2Oc2ccccc2C32c3ccccc3-c3ccccc32)cc1. The van der Waals surface area contributed by atoms with Crippen molar-refractivity contribution in [3.63, 3.8) is 0 Å². The number of nitrogens with two attached hydrogens (primary N) is 1. The van der Waals surface area contributed by atoms with Crippen molar-refractivity contribution in [2.75, 3.05) is 0 Å². The van der Waals surface area contributed by atoms with Crippen LogP contribution < -0.4 is 10.5 Å². The molecule has 0 bridgehead atoms. The summed E-state index contributed by atoms with van der Waals surface area (Å²) >= 11 is 1.36. The summed E-state index contributed by atoms with van der Waals surface area (Å²) in [6.07, 6.45) is 0. The van der Waals surface area contributed by atoms with E-state index in [1.165, 1.54) is 34.0 Å². The lowest BCUT2D eigenvalue weighted by Crippen LogP contribution is -2.32. The molecule has 0 amide bonds. The van der Waals surface area contributed by atoms with Crippen LogP contribution in [0.3, 0.4) is 0 Å². The number of hydrogen-bond acceptors (Lipinski definition) is 4. The van der Waals surface area contributed by atoms with Crippen LogP contribution in [0.15, 0.2) is 146 Å². The molecule has 1 aliphatic heterocycles. The summed E-state index contributed by atoms with van der Waals surface area (Å²) in [6.45, 7) is 0. The standard InChI is InChI=1S/C39H28N2OS/c40-37(26-11-2-1-3-12-26)43-38(41)27-23-21-25(22-24-27)28-15-10-19-34-36(28)42-35-20-9-8-18-33(35)39(34)31-16-6-4-13-29(31)30-14-5-7-17-32(30)39/h1-24,37,41H,40H2. The van der Waals surface area contributed by atoms with Crippen molar-refractivity contribution >= 4 is 16.8 Å². The van der Waals surface area contributed by atoms with Gasteiger partial charge in [0.1, 0.15) is 11.5 Å². The van der Waals surface area contributed by atoms with E-state index < -0.39 is 5.41 Å². The Bertz CT molecular complexity index is 1970. The molecule has 3 N–H and O–H groups in total. The summed E-state index contributed by atoms with van der Waals surface area (Å²) in [5.41, 5.74) is 17.2. The molecule has 1 heterocycles. The van der Waals surface area contributed by atoms with E-state index in [4.69, 9.17) is 15.9 Å². The maximum atomic E-state index is 8.72. The van der Waals surface area contributed by atoms with Crippen LogP contribution in [0.5, 0.6) is 11.5 Å².